The molecule has 0 radical (unpaired) electrons. The molecule has 0 saturated heterocycles. The molecule has 0 spiro atoms. The van der Waals surface area contributed by atoms with Crippen LogP contribution < -0.4 is 5.32 Å². The van der Waals surface area contributed by atoms with E-state index in [2.05, 4.69) is 31.1 Å². The van der Waals surface area contributed by atoms with Gasteiger partial charge in [0.1, 0.15) is 0 Å². The van der Waals surface area contributed by atoms with E-state index in [1.54, 1.807) is 12.1 Å². The SMILES string of the molecule is CSC(C)CCNC(=O)c1ccc(S)cc1. The summed E-state index contributed by atoms with van der Waals surface area (Å²) in [5.74, 6) is -0.0124. The van der Waals surface area contributed by atoms with Gasteiger partial charge in [-0.3, -0.25) is 4.79 Å². The molecule has 1 rings (SSSR count). The van der Waals surface area contributed by atoms with Crippen LogP contribution in [0.2, 0.25) is 0 Å². The number of amides is 1. The second-order valence-corrected chi connectivity index (χ2v) is 5.43. The fourth-order valence-electron chi connectivity index (χ4n) is 1.22. The van der Waals surface area contributed by atoms with E-state index in [9.17, 15) is 4.79 Å². The van der Waals surface area contributed by atoms with Crippen molar-refractivity contribution in [1.29, 1.82) is 0 Å². The molecule has 1 amide bonds. The largest absolute Gasteiger partial charge is 0.352 e. The van der Waals surface area contributed by atoms with Gasteiger partial charge in [-0.05, 0) is 36.9 Å². The monoisotopic (exact) mass is 255 g/mol. The Kier molecular flexibility index (Phi) is 5.77. The molecule has 0 bridgehead atoms. The number of nitrogens with one attached hydrogen (secondary N) is 1. The van der Waals surface area contributed by atoms with Gasteiger partial charge >= 0.3 is 0 Å². The van der Waals surface area contributed by atoms with Crippen LogP contribution in [0.15, 0.2) is 29.2 Å². The van der Waals surface area contributed by atoms with Gasteiger partial charge in [-0.15, -0.1) is 12.6 Å². The van der Waals surface area contributed by atoms with E-state index in [1.165, 1.54) is 0 Å². The first-order valence-electron chi connectivity index (χ1n) is 5.23. The number of hydrogen-bond acceptors (Lipinski definition) is 3. The van der Waals surface area contributed by atoms with Crippen LogP contribution in [-0.2, 0) is 0 Å². The maximum Gasteiger partial charge on any atom is 0.251 e. The highest BCUT2D eigenvalue weighted by molar-refractivity contribution is 7.99. The highest BCUT2D eigenvalue weighted by atomic mass is 32.2. The summed E-state index contributed by atoms with van der Waals surface area (Å²) in [4.78, 5) is 12.6. The molecule has 1 aromatic rings. The highest BCUT2D eigenvalue weighted by Gasteiger charge is 2.05. The quantitative estimate of drug-likeness (QED) is 0.792. The number of thiol groups is 1. The number of benzene rings is 1. The number of carbonyl (C=O) groups excluding carboxylic acids is 1. The molecule has 0 aliphatic carbocycles. The predicted octanol–water partition coefficient (Wildman–Crippen LogP) is 2.85. The molecule has 0 heterocycles. The van der Waals surface area contributed by atoms with Gasteiger partial charge < -0.3 is 5.32 Å². The summed E-state index contributed by atoms with van der Waals surface area (Å²) in [7, 11) is 0. The number of rotatable bonds is 5. The summed E-state index contributed by atoms with van der Waals surface area (Å²) in [6.45, 7) is 2.88. The molecule has 1 atom stereocenters. The van der Waals surface area contributed by atoms with Gasteiger partial charge in [0.05, 0.1) is 0 Å². The predicted molar refractivity (Wildman–Crippen MR) is 73.6 cm³/mol. The second-order valence-electron chi connectivity index (χ2n) is 3.64. The average molecular weight is 255 g/mol. The minimum Gasteiger partial charge on any atom is -0.352 e. The first kappa shape index (κ1) is 13.5. The summed E-state index contributed by atoms with van der Waals surface area (Å²) < 4.78 is 0. The lowest BCUT2D eigenvalue weighted by Gasteiger charge is -2.09. The van der Waals surface area contributed by atoms with Gasteiger partial charge in [0.15, 0.2) is 0 Å². The Hall–Kier alpha value is -0.610. The van der Waals surface area contributed by atoms with E-state index in [0.29, 0.717) is 10.8 Å². The first-order chi connectivity index (χ1) is 7.63. The molecule has 0 fully saturated rings. The molecule has 1 unspecified atom stereocenters. The zero-order chi connectivity index (χ0) is 12.0. The highest BCUT2D eigenvalue weighted by Crippen LogP contribution is 2.09. The van der Waals surface area contributed by atoms with Crippen LogP contribution in [0.1, 0.15) is 23.7 Å². The van der Waals surface area contributed by atoms with Crippen molar-refractivity contribution in [3.63, 3.8) is 0 Å². The van der Waals surface area contributed by atoms with Crippen molar-refractivity contribution < 1.29 is 4.79 Å². The van der Waals surface area contributed by atoms with Crippen molar-refractivity contribution in [3.05, 3.63) is 29.8 Å². The van der Waals surface area contributed by atoms with Crippen molar-refractivity contribution in [1.82, 2.24) is 5.32 Å². The fraction of sp³-hybridized carbons (Fsp3) is 0.417. The summed E-state index contributed by atoms with van der Waals surface area (Å²) in [5, 5.41) is 3.49. The van der Waals surface area contributed by atoms with Crippen LogP contribution in [0.3, 0.4) is 0 Å². The topological polar surface area (TPSA) is 29.1 Å². The molecule has 1 N–H and O–H groups in total. The van der Waals surface area contributed by atoms with Crippen molar-refractivity contribution in [2.24, 2.45) is 0 Å². The standard InChI is InChI=1S/C12H17NOS2/c1-9(16-2)7-8-13-12(14)10-3-5-11(15)6-4-10/h3-6,9,15H,7-8H2,1-2H3,(H,13,14). The molecular weight excluding hydrogens is 238 g/mol. The first-order valence-corrected chi connectivity index (χ1v) is 6.97. The molecule has 16 heavy (non-hydrogen) atoms. The van der Waals surface area contributed by atoms with Gasteiger partial charge in [0, 0.05) is 22.3 Å². The molecule has 0 aromatic heterocycles. The normalized spacial score (nSPS) is 12.2. The maximum absolute atomic E-state index is 11.7. The minimum absolute atomic E-state index is 0.0124. The Bertz CT molecular complexity index is 337. The van der Waals surface area contributed by atoms with E-state index >= 15 is 0 Å². The summed E-state index contributed by atoms with van der Waals surface area (Å²) >= 11 is 5.99. The Morgan fingerprint density at radius 2 is 2.06 bits per heavy atom. The van der Waals surface area contributed by atoms with Crippen LogP contribution in [0.4, 0.5) is 0 Å². The van der Waals surface area contributed by atoms with E-state index in [0.717, 1.165) is 17.9 Å². The van der Waals surface area contributed by atoms with Crippen LogP contribution in [0.25, 0.3) is 0 Å². The third kappa shape index (κ3) is 4.49. The van der Waals surface area contributed by atoms with E-state index in [1.807, 2.05) is 23.9 Å². The summed E-state index contributed by atoms with van der Waals surface area (Å²) in [5.41, 5.74) is 0.689. The number of carbonyl (C=O) groups is 1. The third-order valence-electron chi connectivity index (χ3n) is 2.37. The lowest BCUT2D eigenvalue weighted by molar-refractivity contribution is 0.0953. The van der Waals surface area contributed by atoms with Crippen LogP contribution >= 0.6 is 24.4 Å². The molecule has 0 saturated carbocycles. The average Bonchev–Trinajstić information content (AvgIpc) is 2.29. The van der Waals surface area contributed by atoms with Crippen LogP contribution in [0.5, 0.6) is 0 Å². The maximum atomic E-state index is 11.7. The van der Waals surface area contributed by atoms with Crippen molar-refractivity contribution in [2.75, 3.05) is 12.8 Å². The Morgan fingerprint density at radius 1 is 1.44 bits per heavy atom. The van der Waals surface area contributed by atoms with Gasteiger partial charge in [-0.25, -0.2) is 0 Å². The van der Waals surface area contributed by atoms with Gasteiger partial charge in [0.2, 0.25) is 0 Å². The smallest absolute Gasteiger partial charge is 0.251 e. The van der Waals surface area contributed by atoms with Crippen LogP contribution in [-0.4, -0.2) is 24.0 Å². The summed E-state index contributed by atoms with van der Waals surface area (Å²) in [6.07, 6.45) is 3.08. The Labute approximate surface area is 107 Å². The van der Waals surface area contributed by atoms with Crippen molar-refractivity contribution >= 4 is 30.3 Å². The molecule has 88 valence electrons. The van der Waals surface area contributed by atoms with Crippen LogP contribution in [0, 0.1) is 0 Å². The van der Waals surface area contributed by atoms with E-state index in [4.69, 9.17) is 0 Å². The molecule has 0 aliphatic rings. The van der Waals surface area contributed by atoms with Crippen molar-refractivity contribution in [3.8, 4) is 0 Å². The zero-order valence-electron chi connectivity index (χ0n) is 9.56. The Balaban J connectivity index is 2.38. The minimum atomic E-state index is -0.0124. The second kappa shape index (κ2) is 6.86. The third-order valence-corrected chi connectivity index (χ3v) is 3.71. The fourth-order valence-corrected chi connectivity index (χ4v) is 1.72. The number of hydrogen-bond donors (Lipinski definition) is 2. The zero-order valence-corrected chi connectivity index (χ0v) is 11.3. The summed E-state index contributed by atoms with van der Waals surface area (Å²) in [6, 6.07) is 7.22. The molecule has 4 heteroatoms. The van der Waals surface area contributed by atoms with Gasteiger partial charge in [0.25, 0.3) is 5.91 Å². The van der Waals surface area contributed by atoms with E-state index in [-0.39, 0.29) is 5.91 Å². The van der Waals surface area contributed by atoms with Gasteiger partial charge in [-0.2, -0.15) is 11.8 Å². The molecular formula is C12H17NOS2. The number of thioether (sulfide) groups is 1. The van der Waals surface area contributed by atoms with E-state index < -0.39 is 0 Å². The molecule has 2 nitrogen and oxygen atoms in total. The Morgan fingerprint density at radius 3 is 2.62 bits per heavy atom. The lowest BCUT2D eigenvalue weighted by atomic mass is 10.2. The lowest BCUT2D eigenvalue weighted by Crippen LogP contribution is -2.25. The van der Waals surface area contributed by atoms with Crippen molar-refractivity contribution in [2.45, 2.75) is 23.5 Å². The molecule has 1 aromatic carbocycles. The molecule has 0 aliphatic heterocycles. The van der Waals surface area contributed by atoms with Gasteiger partial charge in [-0.1, -0.05) is 6.92 Å².